The van der Waals surface area contributed by atoms with Crippen molar-refractivity contribution in [3.63, 3.8) is 0 Å². The van der Waals surface area contributed by atoms with Crippen molar-refractivity contribution in [1.82, 2.24) is 15.1 Å². The summed E-state index contributed by atoms with van der Waals surface area (Å²) >= 11 is 0. The number of hydrogen-bond acceptors (Lipinski definition) is 6. The van der Waals surface area contributed by atoms with Gasteiger partial charge in [0.1, 0.15) is 17.5 Å². The number of amides is 2. The fourth-order valence-electron chi connectivity index (χ4n) is 5.42. The smallest absolute Gasteiger partial charge is 0.249 e. The summed E-state index contributed by atoms with van der Waals surface area (Å²) in [6, 6.07) is 37.0. The number of aliphatic imine (C=N–C) groups is 1. The molecule has 2 aliphatic heterocycles. The van der Waals surface area contributed by atoms with Gasteiger partial charge in [-0.15, -0.1) is 0 Å². The Labute approximate surface area is 245 Å². The third-order valence-electron chi connectivity index (χ3n) is 7.52. The van der Waals surface area contributed by atoms with Crippen LogP contribution in [0.15, 0.2) is 120 Å². The summed E-state index contributed by atoms with van der Waals surface area (Å²) in [5, 5.41) is 5.79. The van der Waals surface area contributed by atoms with Gasteiger partial charge in [0.15, 0.2) is 0 Å². The first-order valence-electron chi connectivity index (χ1n) is 14.2. The van der Waals surface area contributed by atoms with Gasteiger partial charge in [0, 0.05) is 31.9 Å². The highest BCUT2D eigenvalue weighted by molar-refractivity contribution is 6.06. The van der Waals surface area contributed by atoms with Gasteiger partial charge in [0.2, 0.25) is 17.8 Å². The number of piperazine rings is 1. The summed E-state index contributed by atoms with van der Waals surface area (Å²) in [6.45, 7) is 2.95. The highest BCUT2D eigenvalue weighted by atomic mass is 16.5. The zero-order valence-corrected chi connectivity index (χ0v) is 23.2. The van der Waals surface area contributed by atoms with Crippen LogP contribution in [0.4, 0.5) is 5.69 Å². The van der Waals surface area contributed by atoms with E-state index >= 15 is 0 Å². The van der Waals surface area contributed by atoms with Gasteiger partial charge in [-0.3, -0.25) is 19.8 Å². The zero-order chi connectivity index (χ0) is 28.7. The molecule has 8 nitrogen and oxygen atoms in total. The Kier molecular flexibility index (Phi) is 8.23. The average molecular weight is 560 g/mol. The lowest BCUT2D eigenvalue weighted by Gasteiger charge is -2.41. The van der Waals surface area contributed by atoms with Crippen LogP contribution in [0.25, 0.3) is 0 Å². The normalized spacial score (nSPS) is 17.4. The molecule has 6 rings (SSSR count). The zero-order valence-electron chi connectivity index (χ0n) is 23.2. The minimum atomic E-state index is -0.798. The minimum Gasteiger partial charge on any atom is -0.457 e. The number of ether oxygens (including phenoxy) is 1. The molecule has 2 N–H and O–H groups in total. The molecule has 0 radical (unpaired) electrons. The highest BCUT2D eigenvalue weighted by Gasteiger charge is 2.32. The first-order valence-corrected chi connectivity index (χ1v) is 14.2. The predicted molar refractivity (Wildman–Crippen MR) is 163 cm³/mol. The molecule has 0 aliphatic carbocycles. The summed E-state index contributed by atoms with van der Waals surface area (Å²) in [4.78, 5) is 34.9. The Hall–Kier alpha value is -4.95. The minimum absolute atomic E-state index is 0.00852. The molecular formula is C34H33N5O3. The number of nitrogens with zero attached hydrogens (tertiary/aromatic N) is 3. The number of anilines is 1. The Morgan fingerprint density at radius 2 is 1.31 bits per heavy atom. The molecule has 4 aromatic rings. The van der Waals surface area contributed by atoms with E-state index in [1.165, 1.54) is 11.1 Å². The van der Waals surface area contributed by atoms with Crippen LogP contribution < -0.4 is 15.4 Å². The highest BCUT2D eigenvalue weighted by Crippen LogP contribution is 2.30. The van der Waals surface area contributed by atoms with Crippen LogP contribution in [0, 0.1) is 0 Å². The van der Waals surface area contributed by atoms with Crippen molar-refractivity contribution < 1.29 is 14.3 Å². The molecule has 1 atom stereocenters. The molecule has 0 aromatic heterocycles. The number of guanidine groups is 1. The maximum absolute atomic E-state index is 13.1. The molecule has 42 heavy (non-hydrogen) atoms. The molecule has 2 amide bonds. The molecule has 8 heteroatoms. The summed E-state index contributed by atoms with van der Waals surface area (Å²) < 4.78 is 5.83. The second-order valence-corrected chi connectivity index (χ2v) is 10.4. The van der Waals surface area contributed by atoms with E-state index in [1.54, 1.807) is 24.3 Å². The number of hydrogen-bond donors (Lipinski definition) is 2. The van der Waals surface area contributed by atoms with Crippen molar-refractivity contribution in [1.29, 1.82) is 0 Å². The molecule has 0 bridgehead atoms. The van der Waals surface area contributed by atoms with E-state index in [9.17, 15) is 9.59 Å². The van der Waals surface area contributed by atoms with Crippen LogP contribution in [-0.4, -0.2) is 59.8 Å². The molecule has 1 fully saturated rings. The molecule has 0 spiro atoms. The molecule has 0 saturated carbocycles. The second kappa shape index (κ2) is 12.7. The largest absolute Gasteiger partial charge is 0.457 e. The number of benzene rings is 4. The van der Waals surface area contributed by atoms with E-state index < -0.39 is 6.04 Å². The van der Waals surface area contributed by atoms with E-state index in [1.807, 2.05) is 42.5 Å². The summed E-state index contributed by atoms with van der Waals surface area (Å²) in [6.07, 6.45) is 0.00852. The maximum atomic E-state index is 13.1. The first-order chi connectivity index (χ1) is 20.6. The fourth-order valence-corrected chi connectivity index (χ4v) is 5.42. The fraction of sp³-hybridized carbons (Fsp3) is 0.206. The van der Waals surface area contributed by atoms with Gasteiger partial charge < -0.3 is 15.0 Å². The van der Waals surface area contributed by atoms with Crippen molar-refractivity contribution in [3.8, 4) is 11.5 Å². The Bertz CT molecular complexity index is 1480. The van der Waals surface area contributed by atoms with E-state index in [4.69, 9.17) is 4.74 Å². The van der Waals surface area contributed by atoms with Crippen molar-refractivity contribution >= 4 is 23.5 Å². The summed E-state index contributed by atoms with van der Waals surface area (Å²) in [5.41, 5.74) is 3.11. The number of nitrogens with one attached hydrogen (secondary N) is 2. The molecule has 4 aromatic carbocycles. The lowest BCUT2D eigenvalue weighted by molar-refractivity contribution is -0.125. The van der Waals surface area contributed by atoms with Gasteiger partial charge in [-0.2, -0.15) is 0 Å². The van der Waals surface area contributed by atoms with Gasteiger partial charge in [-0.05, 0) is 47.5 Å². The maximum Gasteiger partial charge on any atom is 0.249 e. The molecule has 0 unspecified atom stereocenters. The van der Waals surface area contributed by atoms with Crippen LogP contribution >= 0.6 is 0 Å². The SMILES string of the molecule is O=C1C[C@@H](C(=O)Nc2ccc(Oc3ccccc3)cc2)N=C(N2CCN(C(c3ccccc3)c3ccccc3)CC2)N1. The van der Waals surface area contributed by atoms with Gasteiger partial charge in [0.05, 0.1) is 12.5 Å². The van der Waals surface area contributed by atoms with Crippen LogP contribution in [0.5, 0.6) is 11.5 Å². The summed E-state index contributed by atoms with van der Waals surface area (Å²) in [7, 11) is 0. The van der Waals surface area contributed by atoms with E-state index in [0.717, 1.165) is 18.8 Å². The molecule has 2 aliphatic rings. The number of carbonyl (C=O) groups excluding carboxylic acids is 2. The third kappa shape index (κ3) is 6.50. The van der Waals surface area contributed by atoms with Crippen molar-refractivity contribution in [2.75, 3.05) is 31.5 Å². The van der Waals surface area contributed by atoms with Gasteiger partial charge in [-0.1, -0.05) is 78.9 Å². The molecule has 212 valence electrons. The van der Waals surface area contributed by atoms with E-state index in [2.05, 4.69) is 74.0 Å². The average Bonchev–Trinajstić information content (AvgIpc) is 3.04. The summed E-state index contributed by atoms with van der Waals surface area (Å²) in [5.74, 6) is 1.35. The Balaban J connectivity index is 1.09. The van der Waals surface area contributed by atoms with Gasteiger partial charge in [0.25, 0.3) is 0 Å². The lowest BCUT2D eigenvalue weighted by Crippen LogP contribution is -2.56. The van der Waals surface area contributed by atoms with E-state index in [0.29, 0.717) is 30.5 Å². The number of carbonyl (C=O) groups is 2. The van der Waals surface area contributed by atoms with Crippen molar-refractivity contribution in [2.24, 2.45) is 4.99 Å². The third-order valence-corrected chi connectivity index (χ3v) is 7.52. The topological polar surface area (TPSA) is 86.3 Å². The molecule has 2 heterocycles. The number of rotatable bonds is 7. The number of para-hydroxylation sites is 1. The van der Waals surface area contributed by atoms with E-state index in [-0.39, 0.29) is 24.3 Å². The van der Waals surface area contributed by atoms with Crippen LogP contribution in [0.3, 0.4) is 0 Å². The van der Waals surface area contributed by atoms with Crippen LogP contribution in [0.2, 0.25) is 0 Å². The van der Waals surface area contributed by atoms with Gasteiger partial charge >= 0.3 is 0 Å². The van der Waals surface area contributed by atoms with Crippen molar-refractivity contribution in [3.05, 3.63) is 126 Å². The monoisotopic (exact) mass is 559 g/mol. The standard InChI is InChI=1S/C34H33N5O3/c40-31-24-30(33(41)35-27-16-18-29(19-17-27)42-28-14-8-3-9-15-28)36-34(37-31)39-22-20-38(21-23-39)32(25-10-4-1-5-11-25)26-12-6-2-7-13-26/h1-19,30,32H,20-24H2,(H,35,41)(H,36,37,40)/t30-/m0/s1. The predicted octanol–water partition coefficient (Wildman–Crippen LogP) is 5.07. The van der Waals surface area contributed by atoms with Crippen molar-refractivity contribution in [2.45, 2.75) is 18.5 Å². The molecule has 1 saturated heterocycles. The van der Waals surface area contributed by atoms with Crippen LogP contribution in [0.1, 0.15) is 23.6 Å². The van der Waals surface area contributed by atoms with Gasteiger partial charge in [-0.25, -0.2) is 4.99 Å². The Morgan fingerprint density at radius 3 is 1.90 bits per heavy atom. The molecular weight excluding hydrogens is 526 g/mol. The lowest BCUT2D eigenvalue weighted by atomic mass is 9.96. The van der Waals surface area contributed by atoms with Crippen LogP contribution in [-0.2, 0) is 9.59 Å². The Morgan fingerprint density at radius 1 is 0.762 bits per heavy atom. The first kappa shape index (κ1) is 27.2. The second-order valence-electron chi connectivity index (χ2n) is 10.4. The quantitative estimate of drug-likeness (QED) is 0.330.